The summed E-state index contributed by atoms with van der Waals surface area (Å²) in [5.41, 5.74) is 3.56. The van der Waals surface area contributed by atoms with Crippen molar-refractivity contribution in [2.45, 2.75) is 25.8 Å². The molecule has 1 saturated carbocycles. The topological polar surface area (TPSA) is 64.7 Å². The van der Waals surface area contributed by atoms with E-state index >= 15 is 0 Å². The molecule has 0 aromatic heterocycles. The Bertz CT molecular complexity index is 895. The van der Waals surface area contributed by atoms with Gasteiger partial charge in [-0.05, 0) is 50.1 Å². The summed E-state index contributed by atoms with van der Waals surface area (Å²) in [6.07, 6.45) is 1.93. The van der Waals surface area contributed by atoms with Crippen LogP contribution in [0.15, 0.2) is 48.5 Å². The minimum atomic E-state index is -0.110. The number of aryl methyl sites for hydroxylation is 1. The summed E-state index contributed by atoms with van der Waals surface area (Å²) >= 11 is 0. The van der Waals surface area contributed by atoms with Gasteiger partial charge in [-0.2, -0.15) is 0 Å². The number of piperazine rings is 1. The van der Waals surface area contributed by atoms with Crippen LogP contribution in [0.1, 0.15) is 30.0 Å². The van der Waals surface area contributed by atoms with Crippen LogP contribution < -0.4 is 10.6 Å². The lowest BCUT2D eigenvalue weighted by atomic mass is 10.0. The summed E-state index contributed by atoms with van der Waals surface area (Å²) in [5.74, 6) is 0.209. The molecule has 29 heavy (non-hydrogen) atoms. The molecule has 3 amide bonds. The van der Waals surface area contributed by atoms with Crippen LogP contribution in [-0.2, 0) is 4.79 Å². The molecule has 6 heteroatoms. The molecule has 1 atom stereocenters. The number of anilines is 2. The molecular formula is C23H28N4O2. The standard InChI is InChI=1S/C23H28N4O2/c1-16-8-11-19(24-22(28)18-9-10-18)14-20(16)25-23(29)27-13-12-26(2)15-21(27)17-6-4-3-5-7-17/h3-8,11,14,18,21H,9-10,12-13,15H2,1-2H3,(H,24,28)(H,25,29)/t21-/m0/s1. The van der Waals surface area contributed by atoms with Gasteiger partial charge in [0.15, 0.2) is 0 Å². The molecule has 1 saturated heterocycles. The summed E-state index contributed by atoms with van der Waals surface area (Å²) in [6, 6.07) is 15.7. The number of hydrogen-bond donors (Lipinski definition) is 2. The van der Waals surface area contributed by atoms with Crippen molar-refractivity contribution in [3.05, 3.63) is 59.7 Å². The normalized spacial score (nSPS) is 19.7. The van der Waals surface area contributed by atoms with Gasteiger partial charge in [-0.1, -0.05) is 36.4 Å². The number of nitrogens with one attached hydrogen (secondary N) is 2. The minimum absolute atomic E-state index is 0.00741. The molecule has 1 heterocycles. The van der Waals surface area contributed by atoms with E-state index < -0.39 is 0 Å². The molecule has 1 aliphatic heterocycles. The van der Waals surface area contributed by atoms with E-state index in [1.807, 2.05) is 48.2 Å². The van der Waals surface area contributed by atoms with Crippen molar-refractivity contribution >= 4 is 23.3 Å². The average Bonchev–Trinajstić information content (AvgIpc) is 3.56. The van der Waals surface area contributed by atoms with E-state index in [0.29, 0.717) is 6.54 Å². The molecule has 2 aromatic carbocycles. The number of carbonyl (C=O) groups excluding carboxylic acids is 2. The fourth-order valence-corrected chi connectivity index (χ4v) is 3.73. The van der Waals surface area contributed by atoms with Crippen molar-refractivity contribution in [1.29, 1.82) is 0 Å². The second-order valence-electron chi connectivity index (χ2n) is 8.11. The molecule has 0 bridgehead atoms. The first kappa shape index (κ1) is 19.5. The number of rotatable bonds is 4. The van der Waals surface area contributed by atoms with E-state index in [1.54, 1.807) is 0 Å². The number of benzene rings is 2. The molecule has 2 aromatic rings. The number of likely N-dealkylation sites (N-methyl/N-ethyl adjacent to an activating group) is 1. The Kier molecular flexibility index (Phi) is 5.53. The largest absolute Gasteiger partial charge is 0.326 e. The zero-order valence-corrected chi connectivity index (χ0v) is 17.0. The van der Waals surface area contributed by atoms with Crippen molar-refractivity contribution in [3.8, 4) is 0 Å². The molecule has 2 aliphatic rings. The third kappa shape index (κ3) is 4.59. The van der Waals surface area contributed by atoms with Crippen LogP contribution in [0.5, 0.6) is 0 Å². The Morgan fingerprint density at radius 1 is 1.00 bits per heavy atom. The van der Waals surface area contributed by atoms with Gasteiger partial charge in [-0.15, -0.1) is 0 Å². The lowest BCUT2D eigenvalue weighted by Gasteiger charge is -2.40. The Morgan fingerprint density at radius 3 is 2.48 bits per heavy atom. The Hall–Kier alpha value is -2.86. The predicted molar refractivity (Wildman–Crippen MR) is 115 cm³/mol. The molecule has 0 spiro atoms. The molecule has 1 aliphatic carbocycles. The lowest BCUT2D eigenvalue weighted by Crippen LogP contribution is -2.50. The van der Waals surface area contributed by atoms with Crippen molar-refractivity contribution in [2.24, 2.45) is 5.92 Å². The quantitative estimate of drug-likeness (QED) is 0.830. The van der Waals surface area contributed by atoms with Crippen molar-refractivity contribution < 1.29 is 9.59 Å². The molecule has 6 nitrogen and oxygen atoms in total. The third-order valence-electron chi connectivity index (χ3n) is 5.72. The van der Waals surface area contributed by atoms with Crippen LogP contribution >= 0.6 is 0 Å². The van der Waals surface area contributed by atoms with Crippen LogP contribution in [0, 0.1) is 12.8 Å². The van der Waals surface area contributed by atoms with Crippen molar-refractivity contribution in [3.63, 3.8) is 0 Å². The predicted octanol–water partition coefficient (Wildman–Crippen LogP) is 3.86. The van der Waals surface area contributed by atoms with Gasteiger partial charge >= 0.3 is 6.03 Å². The molecule has 2 fully saturated rings. The van der Waals surface area contributed by atoms with E-state index in [4.69, 9.17) is 0 Å². The number of urea groups is 1. The minimum Gasteiger partial charge on any atom is -0.326 e. The number of nitrogens with zero attached hydrogens (tertiary/aromatic N) is 2. The molecule has 0 unspecified atom stereocenters. The fourth-order valence-electron chi connectivity index (χ4n) is 3.73. The highest BCUT2D eigenvalue weighted by Crippen LogP contribution is 2.31. The van der Waals surface area contributed by atoms with Crippen LogP contribution in [-0.4, -0.2) is 48.4 Å². The van der Waals surface area contributed by atoms with Crippen molar-refractivity contribution in [1.82, 2.24) is 9.80 Å². The second kappa shape index (κ2) is 8.25. The van der Waals surface area contributed by atoms with E-state index in [9.17, 15) is 9.59 Å². The maximum Gasteiger partial charge on any atom is 0.322 e. The Labute approximate surface area is 171 Å². The zero-order valence-electron chi connectivity index (χ0n) is 17.0. The number of carbonyl (C=O) groups is 2. The van der Waals surface area contributed by atoms with Gasteiger partial charge < -0.3 is 20.4 Å². The SMILES string of the molecule is Cc1ccc(NC(=O)C2CC2)cc1NC(=O)N1CCN(C)C[C@H]1c1ccccc1. The van der Waals surface area contributed by atoms with Gasteiger partial charge in [0.25, 0.3) is 0 Å². The van der Waals surface area contributed by atoms with E-state index in [2.05, 4.69) is 34.7 Å². The number of hydrogen-bond acceptors (Lipinski definition) is 3. The highest BCUT2D eigenvalue weighted by molar-refractivity contribution is 5.96. The Balaban J connectivity index is 1.50. The highest BCUT2D eigenvalue weighted by Gasteiger charge is 2.31. The maximum absolute atomic E-state index is 13.2. The highest BCUT2D eigenvalue weighted by atomic mass is 16.2. The van der Waals surface area contributed by atoms with Gasteiger partial charge in [0.2, 0.25) is 5.91 Å². The van der Waals surface area contributed by atoms with Gasteiger partial charge in [-0.3, -0.25) is 4.79 Å². The van der Waals surface area contributed by atoms with Crippen LogP contribution in [0.25, 0.3) is 0 Å². The Morgan fingerprint density at radius 2 is 1.76 bits per heavy atom. The van der Waals surface area contributed by atoms with Crippen molar-refractivity contribution in [2.75, 3.05) is 37.3 Å². The first-order valence-corrected chi connectivity index (χ1v) is 10.2. The van der Waals surface area contributed by atoms with Gasteiger partial charge in [0.05, 0.1) is 6.04 Å². The summed E-state index contributed by atoms with van der Waals surface area (Å²) in [6.45, 7) is 4.26. The summed E-state index contributed by atoms with van der Waals surface area (Å²) in [4.78, 5) is 29.4. The zero-order chi connectivity index (χ0) is 20.4. The molecule has 152 valence electrons. The molecule has 2 N–H and O–H groups in total. The number of amides is 3. The van der Waals surface area contributed by atoms with Crippen LogP contribution in [0.3, 0.4) is 0 Å². The third-order valence-corrected chi connectivity index (χ3v) is 5.72. The van der Waals surface area contributed by atoms with Gasteiger partial charge in [0.1, 0.15) is 0 Å². The van der Waals surface area contributed by atoms with Crippen LogP contribution in [0.4, 0.5) is 16.2 Å². The summed E-state index contributed by atoms with van der Waals surface area (Å²) in [7, 11) is 2.08. The van der Waals surface area contributed by atoms with Crippen LogP contribution in [0.2, 0.25) is 0 Å². The molecule has 0 radical (unpaired) electrons. The smallest absolute Gasteiger partial charge is 0.322 e. The average molecular weight is 393 g/mol. The van der Waals surface area contributed by atoms with Gasteiger partial charge in [0, 0.05) is 36.9 Å². The second-order valence-corrected chi connectivity index (χ2v) is 8.11. The monoisotopic (exact) mass is 392 g/mol. The molecule has 4 rings (SSSR count). The molecular weight excluding hydrogens is 364 g/mol. The maximum atomic E-state index is 13.2. The van der Waals surface area contributed by atoms with E-state index in [-0.39, 0.29) is 23.9 Å². The first-order chi connectivity index (χ1) is 14.0. The summed E-state index contributed by atoms with van der Waals surface area (Å²) < 4.78 is 0. The lowest BCUT2D eigenvalue weighted by molar-refractivity contribution is -0.117. The fraction of sp³-hybridized carbons (Fsp3) is 0.391. The van der Waals surface area contributed by atoms with Gasteiger partial charge in [-0.25, -0.2) is 4.79 Å². The van der Waals surface area contributed by atoms with E-state index in [1.165, 1.54) is 0 Å². The van der Waals surface area contributed by atoms with E-state index in [0.717, 1.165) is 48.4 Å². The summed E-state index contributed by atoms with van der Waals surface area (Å²) in [5, 5.41) is 6.02. The first-order valence-electron chi connectivity index (χ1n) is 10.2.